The first-order chi connectivity index (χ1) is 16.5. The zero-order chi connectivity index (χ0) is 25.6. The number of likely N-dealkylation sites (tertiary alicyclic amines) is 1. The molecule has 1 saturated heterocycles. The molecule has 0 bridgehead atoms. The molecule has 0 spiro atoms. The van der Waals surface area contributed by atoms with Crippen LogP contribution in [-0.4, -0.2) is 76.2 Å². The van der Waals surface area contributed by atoms with E-state index in [1.165, 1.54) is 5.01 Å². The normalized spacial score (nSPS) is 18.5. The van der Waals surface area contributed by atoms with Gasteiger partial charge in [0.25, 0.3) is 0 Å². The van der Waals surface area contributed by atoms with Crippen LogP contribution in [0, 0.1) is 5.92 Å². The second kappa shape index (κ2) is 11.7. The minimum absolute atomic E-state index is 0.00958. The Bertz CT molecular complexity index is 923. The van der Waals surface area contributed by atoms with E-state index in [2.05, 4.69) is 5.10 Å². The number of hydrogen-bond donors (Lipinski definition) is 0. The molecule has 192 valence electrons. The average Bonchev–Trinajstić information content (AvgIpc) is 3.30. The summed E-state index contributed by atoms with van der Waals surface area (Å²) in [6.07, 6.45) is 2.59. The molecule has 0 aliphatic carbocycles. The number of carbonyl (C=O) groups excluding carboxylic acids is 3. The lowest BCUT2D eigenvalue weighted by Crippen LogP contribution is -2.48. The van der Waals surface area contributed by atoms with Gasteiger partial charge >= 0.3 is 6.09 Å². The zero-order valence-corrected chi connectivity index (χ0v) is 21.8. The first kappa shape index (κ1) is 26.7. The number of piperidine rings is 1. The lowest BCUT2D eigenvalue weighted by Gasteiger charge is -2.37. The summed E-state index contributed by atoms with van der Waals surface area (Å²) in [5.41, 5.74) is 1.39. The minimum atomic E-state index is -0.549. The van der Waals surface area contributed by atoms with Crippen LogP contribution in [0.3, 0.4) is 0 Å². The Kier molecular flexibility index (Phi) is 8.92. The maximum atomic E-state index is 12.9. The van der Waals surface area contributed by atoms with E-state index in [-0.39, 0.29) is 42.7 Å². The van der Waals surface area contributed by atoms with Crippen LogP contribution in [0.1, 0.15) is 72.3 Å². The largest absolute Gasteiger partial charge is 0.444 e. The first-order valence-electron chi connectivity index (χ1n) is 12.7. The molecule has 0 N–H and O–H groups in total. The molecule has 8 heteroatoms. The Balaban J connectivity index is 1.49. The smallest absolute Gasteiger partial charge is 0.410 e. The topological polar surface area (TPSA) is 82.5 Å². The van der Waals surface area contributed by atoms with E-state index in [0.717, 1.165) is 30.5 Å². The van der Waals surface area contributed by atoms with Crippen molar-refractivity contribution >= 4 is 23.6 Å². The third kappa shape index (κ3) is 7.80. The van der Waals surface area contributed by atoms with Crippen molar-refractivity contribution in [1.29, 1.82) is 0 Å². The van der Waals surface area contributed by atoms with Gasteiger partial charge in [0.05, 0.1) is 12.3 Å². The average molecular weight is 485 g/mol. The zero-order valence-electron chi connectivity index (χ0n) is 21.8. The standard InChI is InChI=1S/C27H40N4O4/c1-20(2)30(26(34)35-27(3,4)5)19-21-10-9-16-29(18-21)24(32)13-14-25(33)31-17-15-23(28-31)22-11-7-6-8-12-22/h6-8,11-12,20-21H,9-10,13-19H2,1-5H3. The highest BCUT2D eigenvalue weighted by molar-refractivity contribution is 6.02. The molecule has 2 aliphatic rings. The van der Waals surface area contributed by atoms with E-state index in [1.807, 2.05) is 69.9 Å². The first-order valence-corrected chi connectivity index (χ1v) is 12.7. The molecule has 0 radical (unpaired) electrons. The molecule has 1 aromatic carbocycles. The summed E-state index contributed by atoms with van der Waals surface area (Å²) >= 11 is 0. The predicted octanol–water partition coefficient (Wildman–Crippen LogP) is 4.29. The van der Waals surface area contributed by atoms with E-state index < -0.39 is 5.60 Å². The van der Waals surface area contributed by atoms with Gasteiger partial charge < -0.3 is 14.5 Å². The van der Waals surface area contributed by atoms with Gasteiger partial charge in [-0.3, -0.25) is 9.59 Å². The van der Waals surface area contributed by atoms with Crippen molar-refractivity contribution in [3.63, 3.8) is 0 Å². The fourth-order valence-electron chi connectivity index (χ4n) is 4.51. The summed E-state index contributed by atoms with van der Waals surface area (Å²) in [5.74, 6) is 0.0616. The number of hydrogen-bond acceptors (Lipinski definition) is 5. The Morgan fingerprint density at radius 2 is 1.77 bits per heavy atom. The summed E-state index contributed by atoms with van der Waals surface area (Å²) in [7, 11) is 0. The number of ether oxygens (including phenoxy) is 1. The van der Waals surface area contributed by atoms with Gasteiger partial charge in [0.2, 0.25) is 11.8 Å². The SMILES string of the molecule is CC(C)N(CC1CCCN(C(=O)CCC(=O)N2CCC(c3ccccc3)=N2)C1)C(=O)OC(C)(C)C. The van der Waals surface area contributed by atoms with Crippen LogP contribution >= 0.6 is 0 Å². The molecule has 1 fully saturated rings. The van der Waals surface area contributed by atoms with E-state index in [4.69, 9.17) is 4.74 Å². The molecule has 2 heterocycles. The molecule has 0 aromatic heterocycles. The molecule has 3 amide bonds. The third-order valence-corrected chi connectivity index (χ3v) is 6.33. The van der Waals surface area contributed by atoms with Crippen molar-refractivity contribution in [2.24, 2.45) is 11.0 Å². The quantitative estimate of drug-likeness (QED) is 0.578. The highest BCUT2D eigenvalue weighted by Crippen LogP contribution is 2.22. The lowest BCUT2D eigenvalue weighted by molar-refractivity contribution is -0.138. The van der Waals surface area contributed by atoms with Gasteiger partial charge in [0, 0.05) is 44.9 Å². The number of hydrazone groups is 1. The van der Waals surface area contributed by atoms with Gasteiger partial charge in [-0.25, -0.2) is 9.80 Å². The van der Waals surface area contributed by atoms with E-state index in [0.29, 0.717) is 26.2 Å². The Morgan fingerprint density at radius 3 is 2.43 bits per heavy atom. The molecule has 2 aliphatic heterocycles. The molecule has 35 heavy (non-hydrogen) atoms. The van der Waals surface area contributed by atoms with Gasteiger partial charge in [0.15, 0.2) is 0 Å². The lowest BCUT2D eigenvalue weighted by atomic mass is 9.96. The maximum absolute atomic E-state index is 12.9. The van der Waals surface area contributed by atoms with Crippen molar-refractivity contribution in [2.45, 2.75) is 78.4 Å². The van der Waals surface area contributed by atoms with Crippen LogP contribution in [0.25, 0.3) is 0 Å². The summed E-state index contributed by atoms with van der Waals surface area (Å²) in [4.78, 5) is 41.9. The van der Waals surface area contributed by atoms with Crippen molar-refractivity contribution < 1.29 is 19.1 Å². The number of carbonyl (C=O) groups is 3. The van der Waals surface area contributed by atoms with Crippen LogP contribution in [-0.2, 0) is 14.3 Å². The van der Waals surface area contributed by atoms with Crippen LogP contribution in [0.4, 0.5) is 4.79 Å². The molecular formula is C27H40N4O4. The fourth-order valence-corrected chi connectivity index (χ4v) is 4.51. The van der Waals surface area contributed by atoms with Crippen molar-refractivity contribution in [3.8, 4) is 0 Å². The summed E-state index contributed by atoms with van der Waals surface area (Å²) in [6, 6.07) is 9.87. The second-order valence-electron chi connectivity index (χ2n) is 10.8. The van der Waals surface area contributed by atoms with E-state index in [1.54, 1.807) is 4.90 Å². The Labute approximate surface area is 209 Å². The second-order valence-corrected chi connectivity index (χ2v) is 10.8. The summed E-state index contributed by atoms with van der Waals surface area (Å²) in [5, 5.41) is 5.97. The number of rotatable bonds is 7. The van der Waals surface area contributed by atoms with Gasteiger partial charge in [-0.05, 0) is 58.9 Å². The van der Waals surface area contributed by atoms with Gasteiger partial charge in [-0.1, -0.05) is 30.3 Å². The van der Waals surface area contributed by atoms with Crippen LogP contribution in [0.5, 0.6) is 0 Å². The summed E-state index contributed by atoms with van der Waals surface area (Å²) in [6.45, 7) is 11.9. The van der Waals surface area contributed by atoms with Crippen LogP contribution < -0.4 is 0 Å². The minimum Gasteiger partial charge on any atom is -0.444 e. The number of amides is 3. The molecule has 1 aromatic rings. The van der Waals surface area contributed by atoms with Crippen molar-refractivity contribution in [2.75, 3.05) is 26.2 Å². The highest BCUT2D eigenvalue weighted by atomic mass is 16.6. The fraction of sp³-hybridized carbons (Fsp3) is 0.630. The summed E-state index contributed by atoms with van der Waals surface area (Å²) < 4.78 is 5.58. The monoisotopic (exact) mass is 484 g/mol. The highest BCUT2D eigenvalue weighted by Gasteiger charge is 2.30. The van der Waals surface area contributed by atoms with Gasteiger partial charge in [-0.15, -0.1) is 0 Å². The molecule has 0 saturated carbocycles. The number of benzene rings is 1. The van der Waals surface area contributed by atoms with Gasteiger partial charge in [0.1, 0.15) is 5.60 Å². The molecule has 1 unspecified atom stereocenters. The molecule has 1 atom stereocenters. The maximum Gasteiger partial charge on any atom is 0.410 e. The van der Waals surface area contributed by atoms with Crippen molar-refractivity contribution in [1.82, 2.24) is 14.8 Å². The molecule has 8 nitrogen and oxygen atoms in total. The Morgan fingerprint density at radius 1 is 1.09 bits per heavy atom. The Hall–Kier alpha value is -2.90. The molecular weight excluding hydrogens is 444 g/mol. The molecule has 3 rings (SSSR count). The van der Waals surface area contributed by atoms with Crippen LogP contribution in [0.15, 0.2) is 35.4 Å². The van der Waals surface area contributed by atoms with E-state index >= 15 is 0 Å². The van der Waals surface area contributed by atoms with E-state index in [9.17, 15) is 14.4 Å². The van der Waals surface area contributed by atoms with Crippen LogP contribution in [0.2, 0.25) is 0 Å². The third-order valence-electron chi connectivity index (χ3n) is 6.33. The van der Waals surface area contributed by atoms with Gasteiger partial charge in [-0.2, -0.15) is 5.10 Å². The predicted molar refractivity (Wildman–Crippen MR) is 136 cm³/mol. The van der Waals surface area contributed by atoms with Crippen molar-refractivity contribution in [3.05, 3.63) is 35.9 Å². The number of nitrogens with zero attached hydrogens (tertiary/aromatic N) is 4.